The Labute approximate surface area is 142 Å². The molecule has 4 aliphatic rings. The van der Waals surface area contributed by atoms with Gasteiger partial charge in [-0.25, -0.2) is 0 Å². The van der Waals surface area contributed by atoms with Gasteiger partial charge < -0.3 is 9.84 Å². The summed E-state index contributed by atoms with van der Waals surface area (Å²) in [6.45, 7) is 7.65. The quantitative estimate of drug-likeness (QED) is 0.762. The largest absolute Gasteiger partial charge is 0.390 e. The normalized spacial score (nSPS) is 59.1. The van der Waals surface area contributed by atoms with Gasteiger partial charge in [0.1, 0.15) is 0 Å². The fraction of sp³-hybridized carbons (Fsp3) is 1.00. The van der Waals surface area contributed by atoms with Crippen molar-refractivity contribution in [3.63, 3.8) is 0 Å². The third-order valence-electron chi connectivity index (χ3n) is 9.44. The van der Waals surface area contributed by atoms with Crippen LogP contribution in [0.5, 0.6) is 0 Å². The predicted molar refractivity (Wildman–Crippen MR) is 93.1 cm³/mol. The first kappa shape index (κ1) is 16.4. The van der Waals surface area contributed by atoms with E-state index < -0.39 is 0 Å². The highest BCUT2D eigenvalue weighted by Crippen LogP contribution is 2.67. The van der Waals surface area contributed by atoms with Crippen LogP contribution in [0.15, 0.2) is 0 Å². The highest BCUT2D eigenvalue weighted by Gasteiger charge is 2.60. The predicted octanol–water partition coefficient (Wildman–Crippen LogP) is 4.65. The molecule has 4 rings (SSSR count). The molecule has 0 amide bonds. The molecule has 0 aromatic rings. The zero-order chi connectivity index (χ0) is 16.4. The molecule has 0 aromatic carbocycles. The van der Waals surface area contributed by atoms with Crippen molar-refractivity contribution in [2.24, 2.45) is 40.4 Å². The summed E-state index contributed by atoms with van der Waals surface area (Å²) in [6.07, 6.45) is 10.4. The van der Waals surface area contributed by atoms with Gasteiger partial charge in [-0.15, -0.1) is 0 Å². The first-order chi connectivity index (χ1) is 10.9. The van der Waals surface area contributed by atoms with Gasteiger partial charge in [0.15, 0.2) is 0 Å². The molecular weight excluding hydrogens is 284 g/mol. The van der Waals surface area contributed by atoms with E-state index in [0.29, 0.717) is 16.7 Å². The first-order valence-corrected chi connectivity index (χ1v) is 10.1. The number of ether oxygens (including phenoxy) is 1. The van der Waals surface area contributed by atoms with Gasteiger partial charge >= 0.3 is 0 Å². The zero-order valence-corrected chi connectivity index (χ0v) is 15.6. The highest BCUT2D eigenvalue weighted by molar-refractivity contribution is 5.09. The summed E-state index contributed by atoms with van der Waals surface area (Å²) in [6, 6.07) is 0. The third kappa shape index (κ3) is 2.20. The summed E-state index contributed by atoms with van der Waals surface area (Å²) in [5.41, 5.74) is 1.01. The summed E-state index contributed by atoms with van der Waals surface area (Å²) < 4.78 is 5.67. The number of methoxy groups -OCH3 is 1. The molecule has 0 bridgehead atoms. The lowest BCUT2D eigenvalue weighted by Gasteiger charge is -2.61. The first-order valence-electron chi connectivity index (χ1n) is 10.1. The lowest BCUT2D eigenvalue weighted by molar-refractivity contribution is -0.165. The second-order valence-electron chi connectivity index (χ2n) is 9.96. The van der Waals surface area contributed by atoms with Crippen molar-refractivity contribution in [3.8, 4) is 0 Å². The minimum atomic E-state index is -0.241. The second kappa shape index (κ2) is 5.46. The number of aliphatic hydroxyl groups excluding tert-OH is 1. The molecule has 9 atom stereocenters. The van der Waals surface area contributed by atoms with E-state index in [1.165, 1.54) is 38.5 Å². The summed E-state index contributed by atoms with van der Waals surface area (Å²) in [4.78, 5) is 0. The van der Waals surface area contributed by atoms with E-state index in [1.54, 1.807) is 7.11 Å². The van der Waals surface area contributed by atoms with Gasteiger partial charge in [0, 0.05) is 7.11 Å². The van der Waals surface area contributed by atoms with E-state index in [1.807, 2.05) is 0 Å². The highest BCUT2D eigenvalue weighted by atomic mass is 16.5. The van der Waals surface area contributed by atoms with E-state index in [9.17, 15) is 5.11 Å². The number of hydrogen-bond acceptors (Lipinski definition) is 2. The van der Waals surface area contributed by atoms with Crippen molar-refractivity contribution in [3.05, 3.63) is 0 Å². The molecule has 0 radical (unpaired) electrons. The molecule has 2 heteroatoms. The van der Waals surface area contributed by atoms with Crippen LogP contribution in [0.1, 0.15) is 72.1 Å². The molecule has 0 aromatic heterocycles. The molecular formula is C21H36O2. The summed E-state index contributed by atoms with van der Waals surface area (Å²) in [5, 5.41) is 10.4. The molecule has 0 heterocycles. The molecule has 1 N–H and O–H groups in total. The Kier molecular flexibility index (Phi) is 3.89. The van der Waals surface area contributed by atoms with E-state index in [-0.39, 0.29) is 12.2 Å². The van der Waals surface area contributed by atoms with E-state index >= 15 is 0 Å². The average Bonchev–Trinajstić information content (AvgIpc) is 2.83. The van der Waals surface area contributed by atoms with Crippen molar-refractivity contribution in [1.29, 1.82) is 0 Å². The van der Waals surface area contributed by atoms with Crippen LogP contribution in [0.25, 0.3) is 0 Å². The maximum Gasteiger partial charge on any atom is 0.0835 e. The van der Waals surface area contributed by atoms with Crippen LogP contribution in [-0.4, -0.2) is 24.4 Å². The molecule has 4 aliphatic carbocycles. The maximum atomic E-state index is 10.4. The van der Waals surface area contributed by atoms with E-state index in [4.69, 9.17) is 4.74 Å². The fourth-order valence-corrected chi connectivity index (χ4v) is 7.76. The molecule has 4 fully saturated rings. The minimum absolute atomic E-state index is 0.0609. The number of aliphatic hydroxyl groups is 1. The van der Waals surface area contributed by atoms with Gasteiger partial charge in [-0.05, 0) is 91.8 Å². The van der Waals surface area contributed by atoms with Gasteiger partial charge in [-0.2, -0.15) is 0 Å². The summed E-state index contributed by atoms with van der Waals surface area (Å²) in [5.74, 6) is 4.40. The molecule has 4 saturated carbocycles. The number of hydrogen-bond donors (Lipinski definition) is 1. The maximum absolute atomic E-state index is 10.4. The van der Waals surface area contributed by atoms with E-state index in [2.05, 4.69) is 20.8 Å². The Bertz CT molecular complexity index is 463. The van der Waals surface area contributed by atoms with Crippen molar-refractivity contribution in [1.82, 2.24) is 0 Å². The standard InChI is InChI=1S/C21H36O2/c1-13-5-8-16-15-7-6-14-11-18(22)19(23-4)12-21(14,3)17(15)9-10-20(13,16)2/h13-19,22H,5-12H2,1-4H3/t13-,14-,15-,16-,17-,18-,19+,20+,21-/m0/s1. The molecule has 23 heavy (non-hydrogen) atoms. The van der Waals surface area contributed by atoms with Crippen molar-refractivity contribution >= 4 is 0 Å². The zero-order valence-electron chi connectivity index (χ0n) is 15.6. The van der Waals surface area contributed by atoms with Crippen LogP contribution in [0.2, 0.25) is 0 Å². The Morgan fingerprint density at radius 2 is 1.70 bits per heavy atom. The second-order valence-corrected chi connectivity index (χ2v) is 9.96. The van der Waals surface area contributed by atoms with Crippen LogP contribution in [0.3, 0.4) is 0 Å². The smallest absolute Gasteiger partial charge is 0.0835 e. The van der Waals surface area contributed by atoms with Gasteiger partial charge in [-0.3, -0.25) is 0 Å². The van der Waals surface area contributed by atoms with Crippen LogP contribution in [0, 0.1) is 40.4 Å². The molecule has 0 saturated heterocycles. The molecule has 132 valence electrons. The fourth-order valence-electron chi connectivity index (χ4n) is 7.76. The molecule has 0 spiro atoms. The number of rotatable bonds is 1. The van der Waals surface area contributed by atoms with Gasteiger partial charge in [0.25, 0.3) is 0 Å². The topological polar surface area (TPSA) is 29.5 Å². The van der Waals surface area contributed by atoms with Crippen LogP contribution in [-0.2, 0) is 4.74 Å². The summed E-state index contributed by atoms with van der Waals surface area (Å²) >= 11 is 0. The lowest BCUT2D eigenvalue weighted by atomic mass is 9.44. The monoisotopic (exact) mass is 320 g/mol. The third-order valence-corrected chi connectivity index (χ3v) is 9.44. The van der Waals surface area contributed by atoms with Crippen LogP contribution < -0.4 is 0 Å². The molecule has 0 aliphatic heterocycles. The summed E-state index contributed by atoms with van der Waals surface area (Å²) in [7, 11) is 1.79. The van der Waals surface area contributed by atoms with Crippen molar-refractivity contribution < 1.29 is 9.84 Å². The minimum Gasteiger partial charge on any atom is -0.390 e. The Morgan fingerprint density at radius 3 is 2.43 bits per heavy atom. The van der Waals surface area contributed by atoms with Crippen LogP contribution >= 0.6 is 0 Å². The van der Waals surface area contributed by atoms with Crippen molar-refractivity contribution in [2.75, 3.05) is 7.11 Å². The van der Waals surface area contributed by atoms with Gasteiger partial charge in [0.05, 0.1) is 12.2 Å². The SMILES string of the molecule is CO[C@@H]1C[C@@]2(C)[C@@H](CC[C@@H]3[C@@H]2CC[C@]2(C)[C@@H](C)CC[C@@H]32)C[C@@H]1O. The average molecular weight is 321 g/mol. The molecule has 2 nitrogen and oxygen atoms in total. The molecule has 0 unspecified atom stereocenters. The van der Waals surface area contributed by atoms with Gasteiger partial charge in [0.2, 0.25) is 0 Å². The number of fused-ring (bicyclic) bond motifs is 5. The van der Waals surface area contributed by atoms with Crippen molar-refractivity contribution in [2.45, 2.75) is 84.3 Å². The Hall–Kier alpha value is -0.0800. The van der Waals surface area contributed by atoms with Gasteiger partial charge in [-0.1, -0.05) is 20.8 Å². The lowest BCUT2D eigenvalue weighted by Crippen LogP contribution is -2.56. The Morgan fingerprint density at radius 1 is 0.957 bits per heavy atom. The Balaban J connectivity index is 1.62. The van der Waals surface area contributed by atoms with E-state index in [0.717, 1.165) is 36.5 Å². The van der Waals surface area contributed by atoms with Crippen LogP contribution in [0.4, 0.5) is 0 Å².